The van der Waals surface area contributed by atoms with E-state index < -0.39 is 0 Å². The molecule has 6 heteroatoms. The molecule has 0 aliphatic rings. The smallest absolute Gasteiger partial charge is 0.222 e. The van der Waals surface area contributed by atoms with E-state index in [1.165, 1.54) is 0 Å². The maximum atomic E-state index is 11.8. The largest absolute Gasteiger partial charge is 0.493 e. The number of hydrogen-bond acceptors (Lipinski definition) is 4. The molecule has 1 N–H and O–H groups in total. The fourth-order valence-corrected chi connectivity index (χ4v) is 3.60. The molecule has 0 bridgehead atoms. The molecule has 0 atom stereocenters. The van der Waals surface area contributed by atoms with Crippen LogP contribution in [0.25, 0.3) is 11.0 Å². The standard InChI is InChI=1S/C26H33N3O3/c1-5-9-20-13-14-23(24(18-20)31-4)32-17-16-29-22-11-7-6-10-21(22)28-25(29)12-8-15-27-26(30)19(2)3/h5-7,10-11,13-14,18-19H,1,8-9,12,15-17H2,2-4H3,(H,27,30). The average molecular weight is 436 g/mol. The molecule has 170 valence electrons. The van der Waals surface area contributed by atoms with Gasteiger partial charge in [-0.3, -0.25) is 4.79 Å². The van der Waals surface area contributed by atoms with E-state index in [9.17, 15) is 4.79 Å². The average Bonchev–Trinajstić information content (AvgIpc) is 3.14. The molecule has 6 nitrogen and oxygen atoms in total. The number of rotatable bonds is 12. The summed E-state index contributed by atoms with van der Waals surface area (Å²) in [7, 11) is 1.65. The van der Waals surface area contributed by atoms with Crippen LogP contribution >= 0.6 is 0 Å². The van der Waals surface area contributed by atoms with Gasteiger partial charge in [-0.25, -0.2) is 4.98 Å². The van der Waals surface area contributed by atoms with Crippen molar-refractivity contribution < 1.29 is 14.3 Å². The van der Waals surface area contributed by atoms with Gasteiger partial charge in [0.1, 0.15) is 12.4 Å². The highest BCUT2D eigenvalue weighted by atomic mass is 16.5. The van der Waals surface area contributed by atoms with Crippen molar-refractivity contribution in [2.75, 3.05) is 20.3 Å². The van der Waals surface area contributed by atoms with Crippen molar-refractivity contribution in [1.29, 1.82) is 0 Å². The molecule has 1 aromatic heterocycles. The number of aryl methyl sites for hydroxylation is 1. The number of methoxy groups -OCH3 is 1. The van der Waals surface area contributed by atoms with Crippen LogP contribution in [0, 0.1) is 5.92 Å². The Labute approximate surface area is 190 Å². The Morgan fingerprint density at radius 2 is 2.03 bits per heavy atom. The second-order valence-corrected chi connectivity index (χ2v) is 8.04. The lowest BCUT2D eigenvalue weighted by molar-refractivity contribution is -0.123. The van der Waals surface area contributed by atoms with E-state index >= 15 is 0 Å². The molecule has 1 heterocycles. The van der Waals surface area contributed by atoms with Gasteiger partial charge in [-0.05, 0) is 42.7 Å². The number of carbonyl (C=O) groups is 1. The summed E-state index contributed by atoms with van der Waals surface area (Å²) >= 11 is 0. The molecule has 0 aliphatic carbocycles. The van der Waals surface area contributed by atoms with Crippen molar-refractivity contribution in [2.24, 2.45) is 5.92 Å². The second-order valence-electron chi connectivity index (χ2n) is 8.04. The number of carbonyl (C=O) groups excluding carboxylic acids is 1. The Morgan fingerprint density at radius 1 is 1.22 bits per heavy atom. The first-order chi connectivity index (χ1) is 15.5. The third-order valence-corrected chi connectivity index (χ3v) is 5.31. The number of para-hydroxylation sites is 2. The zero-order valence-electron chi connectivity index (χ0n) is 19.3. The summed E-state index contributed by atoms with van der Waals surface area (Å²) in [6.45, 7) is 9.40. The van der Waals surface area contributed by atoms with E-state index in [2.05, 4.69) is 22.5 Å². The van der Waals surface area contributed by atoms with Crippen molar-refractivity contribution in [2.45, 2.75) is 39.7 Å². The van der Waals surface area contributed by atoms with Crippen LogP contribution in [0.4, 0.5) is 0 Å². The first-order valence-electron chi connectivity index (χ1n) is 11.2. The number of allylic oxidation sites excluding steroid dienone is 1. The zero-order chi connectivity index (χ0) is 22.9. The highest BCUT2D eigenvalue weighted by Crippen LogP contribution is 2.28. The predicted octanol–water partition coefficient (Wildman–Crippen LogP) is 4.56. The predicted molar refractivity (Wildman–Crippen MR) is 128 cm³/mol. The van der Waals surface area contributed by atoms with Crippen LogP contribution in [0.3, 0.4) is 0 Å². The van der Waals surface area contributed by atoms with Gasteiger partial charge in [0.05, 0.1) is 24.7 Å². The molecule has 3 rings (SSSR count). The molecule has 32 heavy (non-hydrogen) atoms. The summed E-state index contributed by atoms with van der Waals surface area (Å²) < 4.78 is 13.8. The molecule has 0 aliphatic heterocycles. The van der Waals surface area contributed by atoms with Gasteiger partial charge in [0.15, 0.2) is 11.5 Å². The van der Waals surface area contributed by atoms with Gasteiger partial charge in [0.2, 0.25) is 5.91 Å². The first kappa shape index (κ1) is 23.4. The normalized spacial score (nSPS) is 11.0. The van der Waals surface area contributed by atoms with Crippen molar-refractivity contribution in [3.8, 4) is 11.5 Å². The van der Waals surface area contributed by atoms with Gasteiger partial charge in [0, 0.05) is 18.9 Å². The van der Waals surface area contributed by atoms with Crippen LogP contribution < -0.4 is 14.8 Å². The number of imidazole rings is 1. The highest BCUT2D eigenvalue weighted by molar-refractivity contribution is 5.77. The fraction of sp³-hybridized carbons (Fsp3) is 0.385. The molecule has 0 radical (unpaired) electrons. The van der Waals surface area contributed by atoms with E-state index in [1.807, 2.05) is 56.3 Å². The summed E-state index contributed by atoms with van der Waals surface area (Å²) in [5.41, 5.74) is 3.20. The van der Waals surface area contributed by atoms with Gasteiger partial charge in [-0.2, -0.15) is 0 Å². The van der Waals surface area contributed by atoms with E-state index in [0.29, 0.717) is 19.7 Å². The van der Waals surface area contributed by atoms with Crippen molar-refractivity contribution in [3.05, 3.63) is 66.5 Å². The van der Waals surface area contributed by atoms with Gasteiger partial charge in [0.25, 0.3) is 0 Å². The van der Waals surface area contributed by atoms with Gasteiger partial charge < -0.3 is 19.4 Å². The quantitative estimate of drug-likeness (QED) is 0.335. The Kier molecular flexibility index (Phi) is 8.31. The Morgan fingerprint density at radius 3 is 2.78 bits per heavy atom. The lowest BCUT2D eigenvalue weighted by Gasteiger charge is -2.14. The van der Waals surface area contributed by atoms with Crippen LogP contribution in [0.5, 0.6) is 11.5 Å². The maximum absolute atomic E-state index is 11.8. The number of benzene rings is 2. The zero-order valence-corrected chi connectivity index (χ0v) is 19.3. The minimum Gasteiger partial charge on any atom is -0.493 e. The molecule has 0 unspecified atom stereocenters. The van der Waals surface area contributed by atoms with Crippen LogP contribution in [-0.4, -0.2) is 35.7 Å². The van der Waals surface area contributed by atoms with Crippen LogP contribution in [0.1, 0.15) is 31.7 Å². The molecule has 3 aromatic rings. The minimum absolute atomic E-state index is 0.000416. The van der Waals surface area contributed by atoms with E-state index in [0.717, 1.165) is 53.2 Å². The molecule has 0 saturated heterocycles. The molecular formula is C26H33N3O3. The number of nitrogens with one attached hydrogen (secondary N) is 1. The summed E-state index contributed by atoms with van der Waals surface area (Å²) in [6, 6.07) is 14.1. The summed E-state index contributed by atoms with van der Waals surface area (Å²) in [5, 5.41) is 2.98. The fourth-order valence-electron chi connectivity index (χ4n) is 3.60. The third kappa shape index (κ3) is 5.90. The Hall–Kier alpha value is -3.28. The van der Waals surface area contributed by atoms with Crippen LogP contribution in [0.2, 0.25) is 0 Å². The van der Waals surface area contributed by atoms with Crippen molar-refractivity contribution in [1.82, 2.24) is 14.9 Å². The van der Waals surface area contributed by atoms with E-state index in [1.54, 1.807) is 7.11 Å². The summed E-state index contributed by atoms with van der Waals surface area (Å²) in [4.78, 5) is 16.6. The third-order valence-electron chi connectivity index (χ3n) is 5.31. The molecule has 0 spiro atoms. The van der Waals surface area contributed by atoms with E-state index in [-0.39, 0.29) is 11.8 Å². The van der Waals surface area contributed by atoms with Crippen LogP contribution in [0.15, 0.2) is 55.1 Å². The van der Waals surface area contributed by atoms with Crippen molar-refractivity contribution in [3.63, 3.8) is 0 Å². The van der Waals surface area contributed by atoms with Gasteiger partial charge in [-0.15, -0.1) is 6.58 Å². The van der Waals surface area contributed by atoms with Gasteiger partial charge >= 0.3 is 0 Å². The number of ether oxygens (including phenoxy) is 2. The molecular weight excluding hydrogens is 402 g/mol. The Balaban J connectivity index is 1.66. The minimum atomic E-state index is -0.000416. The number of fused-ring (bicyclic) bond motifs is 1. The topological polar surface area (TPSA) is 65.4 Å². The summed E-state index contributed by atoms with van der Waals surface area (Å²) in [5.74, 6) is 2.53. The lowest BCUT2D eigenvalue weighted by atomic mass is 10.1. The second kappa shape index (κ2) is 11.4. The lowest BCUT2D eigenvalue weighted by Crippen LogP contribution is -2.28. The van der Waals surface area contributed by atoms with Gasteiger partial charge in [-0.1, -0.05) is 38.1 Å². The monoisotopic (exact) mass is 435 g/mol. The first-order valence-corrected chi connectivity index (χ1v) is 11.2. The number of hydrogen-bond donors (Lipinski definition) is 1. The number of aromatic nitrogens is 2. The number of nitrogens with zero attached hydrogens (tertiary/aromatic N) is 2. The SMILES string of the molecule is C=CCc1ccc(OCCn2c(CCCNC(=O)C(C)C)nc3ccccc32)c(OC)c1. The summed E-state index contributed by atoms with van der Waals surface area (Å²) in [6.07, 6.45) is 4.28. The molecule has 1 amide bonds. The molecule has 2 aromatic carbocycles. The number of amides is 1. The Bertz CT molecular complexity index is 1060. The molecule has 0 saturated carbocycles. The highest BCUT2D eigenvalue weighted by Gasteiger charge is 2.12. The van der Waals surface area contributed by atoms with Crippen LogP contribution in [-0.2, 0) is 24.2 Å². The molecule has 0 fully saturated rings. The van der Waals surface area contributed by atoms with Crippen molar-refractivity contribution >= 4 is 16.9 Å². The maximum Gasteiger partial charge on any atom is 0.222 e. The van der Waals surface area contributed by atoms with E-state index in [4.69, 9.17) is 14.5 Å².